The number of hydrogen-bond donors (Lipinski definition) is 3. The summed E-state index contributed by atoms with van der Waals surface area (Å²) >= 11 is 0. The first kappa shape index (κ1) is 24.1. The third-order valence-electron chi connectivity index (χ3n) is 6.26. The number of imidazole rings is 1. The smallest absolute Gasteiger partial charge is 0.287 e. The van der Waals surface area contributed by atoms with Gasteiger partial charge in [-0.1, -0.05) is 12.1 Å². The highest BCUT2D eigenvalue weighted by atomic mass is 16.6. The van der Waals surface area contributed by atoms with Crippen LogP contribution >= 0.6 is 0 Å². The second kappa shape index (κ2) is 11.0. The fourth-order valence-corrected chi connectivity index (χ4v) is 4.15. The van der Waals surface area contributed by atoms with Crippen LogP contribution in [0.4, 0.5) is 23.1 Å². The van der Waals surface area contributed by atoms with Gasteiger partial charge in [-0.2, -0.15) is 0 Å². The van der Waals surface area contributed by atoms with Crippen molar-refractivity contribution in [2.75, 3.05) is 61.8 Å². The highest BCUT2D eigenvalue weighted by Gasteiger charge is 2.16. The standard InChI is InChI=1S/C25H28N10O2/c1-33-10-12-34(13-11-33)19-4-2-18(3-5-19)24-21(22-16-26-17-31-22)15-30-25(32-24)28-9-8-27-23-7-6-20(14-29-23)35(36)37/h2-7,14-17H,8-13H2,1H3,(H,26,31)(H,27,29)(H,28,30,32). The Hall–Kier alpha value is -4.58. The molecule has 4 aromatic rings. The predicted molar refractivity (Wildman–Crippen MR) is 143 cm³/mol. The number of H-pyrrole nitrogens is 1. The minimum Gasteiger partial charge on any atom is -0.369 e. The molecule has 0 saturated carbocycles. The average Bonchev–Trinajstić information content (AvgIpc) is 3.47. The number of nitro groups is 1. The van der Waals surface area contributed by atoms with E-state index in [1.165, 1.54) is 18.0 Å². The van der Waals surface area contributed by atoms with Gasteiger partial charge in [0.25, 0.3) is 5.69 Å². The largest absolute Gasteiger partial charge is 0.369 e. The zero-order chi connectivity index (χ0) is 25.6. The minimum absolute atomic E-state index is 0.0430. The fraction of sp³-hybridized carbons (Fsp3) is 0.280. The van der Waals surface area contributed by atoms with Crippen LogP contribution in [-0.2, 0) is 0 Å². The Kier molecular flexibility index (Phi) is 7.17. The number of aromatic amines is 1. The van der Waals surface area contributed by atoms with Gasteiger partial charge in [0, 0.05) is 68.3 Å². The summed E-state index contributed by atoms with van der Waals surface area (Å²) < 4.78 is 0. The van der Waals surface area contributed by atoms with Crippen molar-refractivity contribution in [3.05, 3.63) is 71.4 Å². The molecule has 0 atom stereocenters. The van der Waals surface area contributed by atoms with Crippen molar-refractivity contribution in [3.63, 3.8) is 0 Å². The Labute approximate surface area is 214 Å². The topological polar surface area (TPSA) is 141 Å². The van der Waals surface area contributed by atoms with E-state index in [-0.39, 0.29) is 5.69 Å². The molecule has 0 spiro atoms. The molecule has 0 unspecified atom stereocenters. The Morgan fingerprint density at radius 1 is 0.973 bits per heavy atom. The average molecular weight is 501 g/mol. The molecule has 37 heavy (non-hydrogen) atoms. The monoisotopic (exact) mass is 500 g/mol. The lowest BCUT2D eigenvalue weighted by Gasteiger charge is -2.34. The van der Waals surface area contributed by atoms with Gasteiger partial charge in [-0.25, -0.2) is 19.9 Å². The van der Waals surface area contributed by atoms with Gasteiger partial charge in [-0.15, -0.1) is 0 Å². The number of piperazine rings is 1. The van der Waals surface area contributed by atoms with E-state index in [0.717, 1.165) is 48.7 Å². The van der Waals surface area contributed by atoms with Crippen molar-refractivity contribution < 1.29 is 4.92 Å². The maximum Gasteiger partial charge on any atom is 0.287 e. The Balaban J connectivity index is 1.28. The van der Waals surface area contributed by atoms with Crippen LogP contribution in [0.25, 0.3) is 22.5 Å². The third kappa shape index (κ3) is 5.81. The van der Waals surface area contributed by atoms with Crippen molar-refractivity contribution in [2.24, 2.45) is 0 Å². The second-order valence-electron chi connectivity index (χ2n) is 8.77. The van der Waals surface area contributed by atoms with Crippen molar-refractivity contribution in [2.45, 2.75) is 0 Å². The fourth-order valence-electron chi connectivity index (χ4n) is 4.15. The SMILES string of the molecule is CN1CCN(c2ccc(-c3nc(NCCNc4ccc([N+](=O)[O-])cn4)ncc3-c3cnc[nH]3)cc2)CC1. The van der Waals surface area contributed by atoms with Crippen molar-refractivity contribution in [3.8, 4) is 22.5 Å². The Bertz CT molecular complexity index is 1320. The molecule has 1 fully saturated rings. The number of pyridine rings is 1. The molecule has 4 heterocycles. The van der Waals surface area contributed by atoms with Crippen LogP contribution < -0.4 is 15.5 Å². The van der Waals surface area contributed by atoms with Crippen LogP contribution in [0, 0.1) is 10.1 Å². The molecule has 1 saturated heterocycles. The first-order valence-corrected chi connectivity index (χ1v) is 12.0. The Morgan fingerprint density at radius 3 is 2.43 bits per heavy atom. The summed E-state index contributed by atoms with van der Waals surface area (Å²) in [5.74, 6) is 1.06. The maximum atomic E-state index is 10.8. The van der Waals surface area contributed by atoms with Gasteiger partial charge >= 0.3 is 0 Å². The summed E-state index contributed by atoms with van der Waals surface area (Å²) in [6.07, 6.45) is 6.42. The maximum absolute atomic E-state index is 10.8. The van der Waals surface area contributed by atoms with Crippen LogP contribution in [-0.4, -0.2) is 81.1 Å². The van der Waals surface area contributed by atoms with Gasteiger partial charge in [0.15, 0.2) is 0 Å². The summed E-state index contributed by atoms with van der Waals surface area (Å²) in [6, 6.07) is 11.5. The van der Waals surface area contributed by atoms with E-state index in [2.05, 4.69) is 71.7 Å². The molecule has 5 rings (SSSR count). The summed E-state index contributed by atoms with van der Waals surface area (Å²) in [5.41, 5.74) is 4.66. The number of rotatable bonds is 9. The summed E-state index contributed by atoms with van der Waals surface area (Å²) in [4.78, 5) is 35.7. The van der Waals surface area contributed by atoms with Gasteiger partial charge in [0.05, 0.1) is 28.8 Å². The molecule has 0 aliphatic carbocycles. The van der Waals surface area contributed by atoms with Gasteiger partial charge in [-0.05, 0) is 25.2 Å². The van der Waals surface area contributed by atoms with Gasteiger partial charge in [0.1, 0.15) is 12.0 Å². The molecule has 0 bridgehead atoms. The molecule has 1 aliphatic rings. The van der Waals surface area contributed by atoms with Crippen molar-refractivity contribution in [1.29, 1.82) is 0 Å². The molecule has 12 heteroatoms. The summed E-state index contributed by atoms with van der Waals surface area (Å²) in [7, 11) is 2.15. The number of anilines is 3. The van der Waals surface area contributed by atoms with Crippen LogP contribution in [0.1, 0.15) is 0 Å². The molecular weight excluding hydrogens is 472 g/mol. The lowest BCUT2D eigenvalue weighted by molar-refractivity contribution is -0.385. The number of nitrogens with one attached hydrogen (secondary N) is 3. The normalized spacial score (nSPS) is 13.9. The summed E-state index contributed by atoms with van der Waals surface area (Å²) in [5, 5.41) is 17.1. The van der Waals surface area contributed by atoms with E-state index in [4.69, 9.17) is 4.98 Å². The number of benzene rings is 1. The van der Waals surface area contributed by atoms with Gasteiger partial charge in [0.2, 0.25) is 5.95 Å². The quantitative estimate of drug-likeness (QED) is 0.178. The molecule has 190 valence electrons. The van der Waals surface area contributed by atoms with E-state index in [0.29, 0.717) is 24.9 Å². The number of aromatic nitrogens is 5. The molecule has 0 radical (unpaired) electrons. The van der Waals surface area contributed by atoms with Crippen LogP contribution in [0.15, 0.2) is 61.3 Å². The zero-order valence-electron chi connectivity index (χ0n) is 20.5. The highest BCUT2D eigenvalue weighted by Crippen LogP contribution is 2.31. The zero-order valence-corrected chi connectivity index (χ0v) is 20.5. The van der Waals surface area contributed by atoms with E-state index < -0.39 is 4.92 Å². The molecule has 12 nitrogen and oxygen atoms in total. The number of nitrogens with zero attached hydrogens (tertiary/aromatic N) is 7. The van der Waals surface area contributed by atoms with E-state index in [1.807, 2.05) is 0 Å². The van der Waals surface area contributed by atoms with Gasteiger partial charge < -0.3 is 25.4 Å². The number of likely N-dealkylation sites (N-methyl/N-ethyl adjacent to an activating group) is 1. The first-order valence-electron chi connectivity index (χ1n) is 12.0. The van der Waals surface area contributed by atoms with Crippen LogP contribution in [0.2, 0.25) is 0 Å². The molecular formula is C25H28N10O2. The molecule has 1 aliphatic heterocycles. The molecule has 3 aromatic heterocycles. The van der Waals surface area contributed by atoms with E-state index >= 15 is 0 Å². The predicted octanol–water partition coefficient (Wildman–Crippen LogP) is 3.11. The highest BCUT2D eigenvalue weighted by molar-refractivity contribution is 5.79. The van der Waals surface area contributed by atoms with Gasteiger partial charge in [-0.3, -0.25) is 10.1 Å². The van der Waals surface area contributed by atoms with E-state index in [1.54, 1.807) is 24.8 Å². The Morgan fingerprint density at radius 2 is 1.76 bits per heavy atom. The van der Waals surface area contributed by atoms with E-state index in [9.17, 15) is 10.1 Å². The lowest BCUT2D eigenvalue weighted by atomic mass is 10.0. The summed E-state index contributed by atoms with van der Waals surface area (Å²) in [6.45, 7) is 5.21. The molecule has 1 aromatic carbocycles. The van der Waals surface area contributed by atoms with Crippen molar-refractivity contribution in [1.82, 2.24) is 29.8 Å². The van der Waals surface area contributed by atoms with Crippen LogP contribution in [0.5, 0.6) is 0 Å². The minimum atomic E-state index is -0.472. The third-order valence-corrected chi connectivity index (χ3v) is 6.26. The first-order chi connectivity index (χ1) is 18.1. The molecule has 3 N–H and O–H groups in total. The lowest BCUT2D eigenvalue weighted by Crippen LogP contribution is -2.44. The number of hydrogen-bond acceptors (Lipinski definition) is 10. The van der Waals surface area contributed by atoms with Crippen LogP contribution in [0.3, 0.4) is 0 Å². The van der Waals surface area contributed by atoms with Crippen molar-refractivity contribution >= 4 is 23.1 Å². The second-order valence-corrected chi connectivity index (χ2v) is 8.77. The molecule has 0 amide bonds.